The lowest BCUT2D eigenvalue weighted by Gasteiger charge is -2.29. The van der Waals surface area contributed by atoms with E-state index in [0.717, 1.165) is 9.87 Å². The number of sulfonamides is 1. The maximum Gasteiger partial charge on any atom is 0.338 e. The number of nitrogens with zero attached hydrogens (tertiary/aromatic N) is 1. The topological polar surface area (TPSA) is 99.2 Å². The number of hydrogen-bond acceptors (Lipinski definition) is 7. The molecule has 0 fully saturated rings. The largest absolute Gasteiger partial charge is 0.496 e. The van der Waals surface area contributed by atoms with Crippen molar-refractivity contribution < 1.29 is 32.2 Å². The monoisotopic (exact) mass is 434 g/mol. The average molecular weight is 434 g/mol. The lowest BCUT2D eigenvalue weighted by Crippen LogP contribution is -2.38. The molecule has 1 unspecified atom stereocenters. The van der Waals surface area contributed by atoms with Crippen molar-refractivity contribution in [2.75, 3.05) is 27.9 Å². The van der Waals surface area contributed by atoms with Crippen molar-refractivity contribution in [2.45, 2.75) is 24.8 Å². The predicted molar refractivity (Wildman–Crippen MR) is 109 cm³/mol. The first-order chi connectivity index (χ1) is 14.1. The van der Waals surface area contributed by atoms with Gasteiger partial charge in [-0.2, -0.15) is 4.31 Å². The van der Waals surface area contributed by atoms with Crippen molar-refractivity contribution >= 4 is 22.0 Å². The van der Waals surface area contributed by atoms with Crippen molar-refractivity contribution in [1.82, 2.24) is 4.31 Å². The average Bonchev–Trinajstić information content (AvgIpc) is 2.75. The quantitative estimate of drug-likeness (QED) is 0.589. The third-order valence-corrected chi connectivity index (χ3v) is 6.53. The summed E-state index contributed by atoms with van der Waals surface area (Å²) >= 11 is 0. The summed E-state index contributed by atoms with van der Waals surface area (Å²) in [6.07, 6.45) is 0. The maximum absolute atomic E-state index is 13.4. The van der Waals surface area contributed by atoms with Crippen molar-refractivity contribution in [3.05, 3.63) is 59.2 Å². The molecular formula is C21H24NO7S. The standard InChI is InChI=1S/C21H24NO7S/c1-14-6-9-17(10-7-14)30(25,26)22(13-20(23)28-4)15(2)18-11-8-16(27-3)12-19(18)21(24)29-5/h6-7,9-12,15H,13H2,1-5H3. The SMILES string of the molecule is COC(=O)CN(C(C)c1c[c]c(OC)cc1C(=O)OC)S(=O)(=O)c1ccc(C)cc1. The van der Waals surface area contributed by atoms with E-state index in [0.29, 0.717) is 5.56 Å². The number of aryl methyl sites for hydroxylation is 1. The van der Waals surface area contributed by atoms with Gasteiger partial charge in [-0.05, 0) is 43.7 Å². The maximum atomic E-state index is 13.4. The van der Waals surface area contributed by atoms with E-state index in [1.807, 2.05) is 6.92 Å². The minimum absolute atomic E-state index is 0.0148. The highest BCUT2D eigenvalue weighted by atomic mass is 32.2. The molecule has 9 heteroatoms. The van der Waals surface area contributed by atoms with Crippen LogP contribution in [0.2, 0.25) is 0 Å². The van der Waals surface area contributed by atoms with Gasteiger partial charge in [-0.3, -0.25) is 4.79 Å². The molecule has 0 aliphatic rings. The zero-order valence-corrected chi connectivity index (χ0v) is 18.3. The van der Waals surface area contributed by atoms with Gasteiger partial charge in [-0.1, -0.05) is 17.7 Å². The van der Waals surface area contributed by atoms with Gasteiger partial charge in [-0.15, -0.1) is 0 Å². The van der Waals surface area contributed by atoms with Crippen LogP contribution < -0.4 is 4.74 Å². The Balaban J connectivity index is 2.61. The number of ether oxygens (including phenoxy) is 3. The first-order valence-corrected chi connectivity index (χ1v) is 10.4. The Morgan fingerprint density at radius 2 is 1.73 bits per heavy atom. The molecule has 2 aromatic rings. The second-order valence-corrected chi connectivity index (χ2v) is 8.37. The molecule has 0 saturated carbocycles. The Hall–Kier alpha value is -2.91. The summed E-state index contributed by atoms with van der Waals surface area (Å²) in [7, 11) is -0.293. The minimum atomic E-state index is -4.10. The van der Waals surface area contributed by atoms with Crippen LogP contribution >= 0.6 is 0 Å². The van der Waals surface area contributed by atoms with E-state index in [9.17, 15) is 18.0 Å². The molecule has 30 heavy (non-hydrogen) atoms. The molecule has 0 amide bonds. The third-order valence-electron chi connectivity index (χ3n) is 4.60. The fourth-order valence-electron chi connectivity index (χ4n) is 2.86. The van der Waals surface area contributed by atoms with Gasteiger partial charge in [0.25, 0.3) is 0 Å². The zero-order chi connectivity index (χ0) is 22.5. The van der Waals surface area contributed by atoms with Gasteiger partial charge in [0.15, 0.2) is 0 Å². The molecule has 0 N–H and O–H groups in total. The van der Waals surface area contributed by atoms with Crippen molar-refractivity contribution in [2.24, 2.45) is 0 Å². The van der Waals surface area contributed by atoms with Crippen molar-refractivity contribution in [3.63, 3.8) is 0 Å². The normalized spacial score (nSPS) is 12.3. The first kappa shape index (κ1) is 23.4. The Kier molecular flexibility index (Phi) is 7.58. The Bertz CT molecular complexity index is 1020. The van der Waals surface area contributed by atoms with Crippen LogP contribution in [0.1, 0.15) is 34.5 Å². The molecule has 1 radical (unpaired) electrons. The summed E-state index contributed by atoms with van der Waals surface area (Å²) in [5.41, 5.74) is 1.30. The highest BCUT2D eigenvalue weighted by Gasteiger charge is 2.34. The van der Waals surface area contributed by atoms with Crippen LogP contribution in [0, 0.1) is 13.0 Å². The van der Waals surface area contributed by atoms with E-state index in [-0.39, 0.29) is 16.2 Å². The molecule has 0 aromatic heterocycles. The second kappa shape index (κ2) is 9.73. The number of benzene rings is 2. The second-order valence-electron chi connectivity index (χ2n) is 6.48. The third kappa shape index (κ3) is 4.98. The summed E-state index contributed by atoms with van der Waals surface area (Å²) in [5, 5.41) is 0. The smallest absolute Gasteiger partial charge is 0.338 e. The fraction of sp³-hybridized carbons (Fsp3) is 0.333. The molecule has 0 heterocycles. The van der Waals surface area contributed by atoms with E-state index in [1.165, 1.54) is 45.6 Å². The number of rotatable bonds is 8. The van der Waals surface area contributed by atoms with Gasteiger partial charge in [-0.25, -0.2) is 13.2 Å². The van der Waals surface area contributed by atoms with Gasteiger partial charge >= 0.3 is 11.9 Å². The molecule has 1 atom stereocenters. The number of esters is 2. The molecule has 0 spiro atoms. The summed E-state index contributed by atoms with van der Waals surface area (Å²) in [6, 6.07) is 11.0. The fourth-order valence-corrected chi connectivity index (χ4v) is 4.41. The lowest BCUT2D eigenvalue weighted by atomic mass is 10.0. The molecule has 0 bridgehead atoms. The molecule has 0 saturated heterocycles. The number of carbonyl (C=O) groups is 2. The van der Waals surface area contributed by atoms with Crippen molar-refractivity contribution in [1.29, 1.82) is 0 Å². The van der Waals surface area contributed by atoms with Gasteiger partial charge in [0.05, 0.1) is 31.8 Å². The molecular weight excluding hydrogens is 410 g/mol. The predicted octanol–water partition coefficient (Wildman–Crippen LogP) is 2.52. The van der Waals surface area contributed by atoms with Gasteiger partial charge in [0.1, 0.15) is 12.3 Å². The summed E-state index contributed by atoms with van der Waals surface area (Å²) in [6.45, 7) is 2.86. The highest BCUT2D eigenvalue weighted by Crippen LogP contribution is 2.31. The van der Waals surface area contributed by atoms with Gasteiger partial charge in [0, 0.05) is 12.1 Å². The molecule has 0 aliphatic heterocycles. The lowest BCUT2D eigenvalue weighted by molar-refractivity contribution is -0.141. The van der Waals surface area contributed by atoms with E-state index in [1.54, 1.807) is 19.1 Å². The Labute approximate surface area is 176 Å². The Morgan fingerprint density at radius 1 is 1.10 bits per heavy atom. The van der Waals surface area contributed by atoms with Crippen LogP contribution in [0.5, 0.6) is 5.75 Å². The first-order valence-electron chi connectivity index (χ1n) is 8.99. The van der Waals surface area contributed by atoms with Crippen LogP contribution in [0.3, 0.4) is 0 Å². The molecule has 2 aromatic carbocycles. The van der Waals surface area contributed by atoms with Crippen LogP contribution in [-0.2, 0) is 24.3 Å². The zero-order valence-electron chi connectivity index (χ0n) is 17.5. The number of methoxy groups -OCH3 is 3. The molecule has 161 valence electrons. The van der Waals surface area contributed by atoms with Crippen LogP contribution in [0.25, 0.3) is 0 Å². The summed E-state index contributed by atoms with van der Waals surface area (Å²) < 4.78 is 42.3. The number of hydrogen-bond donors (Lipinski definition) is 0. The van der Waals surface area contributed by atoms with Crippen LogP contribution in [0.15, 0.2) is 41.3 Å². The van der Waals surface area contributed by atoms with E-state index < -0.39 is 34.5 Å². The van der Waals surface area contributed by atoms with Crippen molar-refractivity contribution in [3.8, 4) is 5.75 Å². The molecule has 8 nitrogen and oxygen atoms in total. The van der Waals surface area contributed by atoms with E-state index in [2.05, 4.69) is 10.8 Å². The highest BCUT2D eigenvalue weighted by molar-refractivity contribution is 7.89. The van der Waals surface area contributed by atoms with E-state index >= 15 is 0 Å². The minimum Gasteiger partial charge on any atom is -0.496 e. The summed E-state index contributed by atoms with van der Waals surface area (Å²) in [5.74, 6) is -1.13. The molecule has 2 rings (SSSR count). The summed E-state index contributed by atoms with van der Waals surface area (Å²) in [4.78, 5) is 24.3. The van der Waals surface area contributed by atoms with Gasteiger partial charge < -0.3 is 14.2 Å². The van der Waals surface area contributed by atoms with Crippen LogP contribution in [0.4, 0.5) is 0 Å². The van der Waals surface area contributed by atoms with Crippen LogP contribution in [-0.4, -0.2) is 52.5 Å². The van der Waals surface area contributed by atoms with Gasteiger partial charge in [0.2, 0.25) is 10.0 Å². The number of carbonyl (C=O) groups excluding carboxylic acids is 2. The van der Waals surface area contributed by atoms with E-state index in [4.69, 9.17) is 9.47 Å². The molecule has 0 aliphatic carbocycles. The Morgan fingerprint density at radius 3 is 2.27 bits per heavy atom.